The average Bonchev–Trinajstić information content (AvgIpc) is 3.11. The highest BCUT2D eigenvalue weighted by molar-refractivity contribution is 14.0. The van der Waals surface area contributed by atoms with Crippen LogP contribution in [0.3, 0.4) is 0 Å². The summed E-state index contributed by atoms with van der Waals surface area (Å²) in [6.45, 7) is 2.91. The standard InChI is InChI=1S/C15H27N3O.HI/c1-3-19-13-10-12(15(13)8-4-5-9-15)17-14(16)18(2)11-6-7-11;/h11-13H,3-10H2,1-2H3,(H2,16,17);1H. The smallest absolute Gasteiger partial charge is 0.191 e. The number of aliphatic imine (C=N–C) groups is 1. The lowest BCUT2D eigenvalue weighted by atomic mass is 9.61. The molecule has 3 aliphatic rings. The van der Waals surface area contributed by atoms with Crippen molar-refractivity contribution in [2.24, 2.45) is 16.1 Å². The van der Waals surface area contributed by atoms with Crippen molar-refractivity contribution in [1.29, 1.82) is 0 Å². The maximum atomic E-state index is 6.17. The second-order valence-electron chi connectivity index (χ2n) is 6.47. The SMILES string of the molecule is CCOC1CC(N=C(N)N(C)C2CC2)C12CCCC2.I. The molecule has 0 bridgehead atoms. The van der Waals surface area contributed by atoms with Crippen molar-refractivity contribution in [2.45, 2.75) is 70.1 Å². The Hall–Kier alpha value is -0.0400. The summed E-state index contributed by atoms with van der Waals surface area (Å²) in [6.07, 6.45) is 9.22. The molecule has 20 heavy (non-hydrogen) atoms. The Balaban J connectivity index is 0.00000147. The number of halogens is 1. The van der Waals surface area contributed by atoms with Crippen LogP contribution in [0.1, 0.15) is 51.9 Å². The van der Waals surface area contributed by atoms with Crippen molar-refractivity contribution >= 4 is 29.9 Å². The Labute approximate surface area is 139 Å². The van der Waals surface area contributed by atoms with E-state index in [1.54, 1.807) is 0 Å². The minimum absolute atomic E-state index is 0. The highest BCUT2D eigenvalue weighted by atomic mass is 127. The Morgan fingerprint density at radius 3 is 2.55 bits per heavy atom. The highest BCUT2D eigenvalue weighted by Crippen LogP contribution is 2.56. The normalized spacial score (nSPS) is 31.8. The zero-order valence-electron chi connectivity index (χ0n) is 12.7. The van der Waals surface area contributed by atoms with Crippen LogP contribution in [0.4, 0.5) is 0 Å². The molecular weight excluding hydrogens is 365 g/mol. The molecule has 3 fully saturated rings. The van der Waals surface area contributed by atoms with E-state index in [9.17, 15) is 0 Å². The van der Waals surface area contributed by atoms with Crippen LogP contribution in [0.25, 0.3) is 0 Å². The van der Waals surface area contributed by atoms with Crippen molar-refractivity contribution < 1.29 is 4.74 Å². The Kier molecular flexibility index (Phi) is 5.21. The lowest BCUT2D eigenvalue weighted by Crippen LogP contribution is -2.57. The number of nitrogens with zero attached hydrogens (tertiary/aromatic N) is 2. The van der Waals surface area contributed by atoms with Crippen molar-refractivity contribution in [2.75, 3.05) is 13.7 Å². The summed E-state index contributed by atoms with van der Waals surface area (Å²) < 4.78 is 5.92. The van der Waals surface area contributed by atoms with Crippen molar-refractivity contribution in [3.05, 3.63) is 0 Å². The van der Waals surface area contributed by atoms with Gasteiger partial charge in [0.25, 0.3) is 0 Å². The van der Waals surface area contributed by atoms with Crippen LogP contribution in [0.5, 0.6) is 0 Å². The Morgan fingerprint density at radius 2 is 2.00 bits per heavy atom. The van der Waals surface area contributed by atoms with E-state index in [1.165, 1.54) is 38.5 Å². The molecule has 2 N–H and O–H groups in total. The van der Waals surface area contributed by atoms with Gasteiger partial charge in [0.2, 0.25) is 0 Å². The molecule has 3 aliphatic carbocycles. The van der Waals surface area contributed by atoms with E-state index >= 15 is 0 Å². The summed E-state index contributed by atoms with van der Waals surface area (Å²) in [7, 11) is 2.08. The molecule has 0 radical (unpaired) electrons. The van der Waals surface area contributed by atoms with Crippen LogP contribution < -0.4 is 5.73 Å². The quantitative estimate of drug-likeness (QED) is 0.454. The fourth-order valence-corrected chi connectivity index (χ4v) is 3.93. The van der Waals surface area contributed by atoms with Gasteiger partial charge in [0.15, 0.2) is 5.96 Å². The van der Waals surface area contributed by atoms with E-state index in [0.29, 0.717) is 23.6 Å². The summed E-state index contributed by atoms with van der Waals surface area (Å²) in [5, 5.41) is 0. The molecule has 0 aromatic heterocycles. The molecule has 4 nitrogen and oxygen atoms in total. The lowest BCUT2D eigenvalue weighted by Gasteiger charge is -2.52. The first kappa shape index (κ1) is 16.3. The lowest BCUT2D eigenvalue weighted by molar-refractivity contribution is -0.119. The van der Waals surface area contributed by atoms with E-state index < -0.39 is 0 Å². The van der Waals surface area contributed by atoms with Gasteiger partial charge in [-0.3, -0.25) is 0 Å². The molecule has 2 unspecified atom stereocenters. The van der Waals surface area contributed by atoms with Crippen LogP contribution in [0, 0.1) is 5.41 Å². The van der Waals surface area contributed by atoms with E-state index in [-0.39, 0.29) is 24.0 Å². The predicted molar refractivity (Wildman–Crippen MR) is 92.5 cm³/mol. The van der Waals surface area contributed by atoms with E-state index in [2.05, 4.69) is 18.9 Å². The molecule has 5 heteroatoms. The van der Waals surface area contributed by atoms with Gasteiger partial charge in [-0.1, -0.05) is 12.8 Å². The molecular formula is C15H28IN3O. The third-order valence-corrected chi connectivity index (χ3v) is 5.39. The summed E-state index contributed by atoms with van der Waals surface area (Å²) in [5.41, 5.74) is 6.48. The van der Waals surface area contributed by atoms with Crippen molar-refractivity contribution in [3.8, 4) is 0 Å². The first-order chi connectivity index (χ1) is 9.17. The van der Waals surface area contributed by atoms with Gasteiger partial charge >= 0.3 is 0 Å². The van der Waals surface area contributed by atoms with Gasteiger partial charge in [0.05, 0.1) is 12.1 Å². The highest BCUT2D eigenvalue weighted by Gasteiger charge is 2.57. The van der Waals surface area contributed by atoms with Crippen molar-refractivity contribution in [3.63, 3.8) is 0 Å². The summed E-state index contributed by atoms with van der Waals surface area (Å²) in [4.78, 5) is 7.01. The molecule has 0 aromatic rings. The van der Waals surface area contributed by atoms with E-state index in [0.717, 1.165) is 19.0 Å². The molecule has 0 saturated heterocycles. The van der Waals surface area contributed by atoms with E-state index in [1.807, 2.05) is 0 Å². The predicted octanol–water partition coefficient (Wildman–Crippen LogP) is 2.75. The number of hydrogen-bond acceptors (Lipinski definition) is 2. The Bertz CT molecular complexity index is 364. The second kappa shape index (κ2) is 6.38. The maximum Gasteiger partial charge on any atom is 0.191 e. The van der Waals surface area contributed by atoms with Crippen LogP contribution in [0.2, 0.25) is 0 Å². The van der Waals surface area contributed by atoms with Crippen LogP contribution in [-0.2, 0) is 4.74 Å². The number of nitrogens with two attached hydrogens (primary N) is 1. The molecule has 116 valence electrons. The van der Waals surface area contributed by atoms with Crippen molar-refractivity contribution in [1.82, 2.24) is 4.90 Å². The molecule has 3 saturated carbocycles. The Morgan fingerprint density at radius 1 is 1.35 bits per heavy atom. The third kappa shape index (κ3) is 2.80. The molecule has 1 spiro atoms. The van der Waals surface area contributed by atoms with Crippen LogP contribution in [-0.4, -0.2) is 42.7 Å². The number of hydrogen-bond donors (Lipinski definition) is 1. The van der Waals surface area contributed by atoms with Gasteiger partial charge in [-0.2, -0.15) is 0 Å². The fourth-order valence-electron chi connectivity index (χ4n) is 3.93. The van der Waals surface area contributed by atoms with E-state index in [4.69, 9.17) is 15.5 Å². The molecule has 3 rings (SSSR count). The molecule has 0 aliphatic heterocycles. The van der Waals surface area contributed by atoms with Crippen LogP contribution in [0.15, 0.2) is 4.99 Å². The zero-order valence-corrected chi connectivity index (χ0v) is 15.0. The minimum atomic E-state index is 0. The first-order valence-corrected chi connectivity index (χ1v) is 7.85. The summed E-state index contributed by atoms with van der Waals surface area (Å²) in [5.74, 6) is 0.744. The zero-order chi connectivity index (χ0) is 13.5. The monoisotopic (exact) mass is 393 g/mol. The van der Waals surface area contributed by atoms with Gasteiger partial charge < -0.3 is 15.4 Å². The number of guanidine groups is 1. The average molecular weight is 393 g/mol. The van der Waals surface area contributed by atoms with Crippen LogP contribution >= 0.6 is 24.0 Å². The molecule has 0 heterocycles. The second-order valence-corrected chi connectivity index (χ2v) is 6.47. The van der Waals surface area contributed by atoms with Gasteiger partial charge in [0, 0.05) is 25.1 Å². The van der Waals surface area contributed by atoms with Gasteiger partial charge in [-0.05, 0) is 39.0 Å². The maximum absolute atomic E-state index is 6.17. The number of ether oxygens (including phenoxy) is 1. The summed E-state index contributed by atoms with van der Waals surface area (Å²) in [6, 6.07) is 1.04. The largest absolute Gasteiger partial charge is 0.378 e. The van der Waals surface area contributed by atoms with Gasteiger partial charge in [0.1, 0.15) is 0 Å². The first-order valence-electron chi connectivity index (χ1n) is 7.85. The molecule has 0 amide bonds. The third-order valence-electron chi connectivity index (χ3n) is 5.39. The minimum Gasteiger partial charge on any atom is -0.378 e. The van der Waals surface area contributed by atoms with Gasteiger partial charge in [-0.25, -0.2) is 4.99 Å². The summed E-state index contributed by atoms with van der Waals surface area (Å²) >= 11 is 0. The molecule has 0 aromatic carbocycles. The topological polar surface area (TPSA) is 50.9 Å². The fraction of sp³-hybridized carbons (Fsp3) is 0.933. The van der Waals surface area contributed by atoms with Gasteiger partial charge in [-0.15, -0.1) is 24.0 Å². The number of rotatable bonds is 4. The molecule has 2 atom stereocenters.